The van der Waals surface area contributed by atoms with Crippen molar-refractivity contribution >= 4 is 11.7 Å². The Morgan fingerprint density at radius 2 is 2.31 bits per heavy atom. The quantitative estimate of drug-likeness (QED) is 0.654. The van der Waals surface area contributed by atoms with Gasteiger partial charge in [0.25, 0.3) is 0 Å². The van der Waals surface area contributed by atoms with Gasteiger partial charge in [-0.15, -0.1) is 0 Å². The van der Waals surface area contributed by atoms with Gasteiger partial charge in [0, 0.05) is 12.3 Å². The third-order valence-electron chi connectivity index (χ3n) is 2.54. The first-order valence-corrected chi connectivity index (χ1v) is 4.70. The van der Waals surface area contributed by atoms with Gasteiger partial charge in [-0.05, 0) is 19.3 Å². The van der Waals surface area contributed by atoms with Crippen LogP contribution >= 0.6 is 0 Å². The molecule has 2 aliphatic rings. The van der Waals surface area contributed by atoms with Gasteiger partial charge in [-0.3, -0.25) is 4.79 Å². The summed E-state index contributed by atoms with van der Waals surface area (Å²) in [7, 11) is 0. The van der Waals surface area contributed by atoms with Crippen LogP contribution in [-0.4, -0.2) is 17.8 Å². The molecule has 1 N–H and O–H groups in total. The summed E-state index contributed by atoms with van der Waals surface area (Å²) in [5, 5.41) is 6.56. The van der Waals surface area contributed by atoms with Gasteiger partial charge in [-0.25, -0.2) is 0 Å². The van der Waals surface area contributed by atoms with E-state index in [9.17, 15) is 4.79 Å². The van der Waals surface area contributed by atoms with E-state index in [1.165, 1.54) is 0 Å². The summed E-state index contributed by atoms with van der Waals surface area (Å²) < 4.78 is 0. The zero-order valence-electron chi connectivity index (χ0n) is 7.91. The van der Waals surface area contributed by atoms with Crippen molar-refractivity contribution in [1.29, 1.82) is 0 Å². The molecule has 1 amide bonds. The van der Waals surface area contributed by atoms with Crippen LogP contribution in [0.4, 0.5) is 0 Å². The molecule has 0 aromatic heterocycles. The molecule has 4 nitrogen and oxygen atoms in total. The molecule has 0 aromatic rings. The highest BCUT2D eigenvalue weighted by Crippen LogP contribution is 2.37. The van der Waals surface area contributed by atoms with Crippen molar-refractivity contribution in [3.05, 3.63) is 0 Å². The number of amides is 1. The van der Waals surface area contributed by atoms with Gasteiger partial charge in [-0.1, -0.05) is 12.1 Å². The number of hydrogen-bond donors (Lipinski definition) is 1. The molecule has 1 aliphatic heterocycles. The Balaban J connectivity index is 1.82. The number of oxime groups is 1. The molecule has 72 valence electrons. The zero-order valence-corrected chi connectivity index (χ0v) is 7.91. The summed E-state index contributed by atoms with van der Waals surface area (Å²) in [5.74, 6) is 1.53. The average Bonchev–Trinajstić information content (AvgIpc) is 2.66. The average molecular weight is 182 g/mol. The van der Waals surface area contributed by atoms with Crippen LogP contribution in [0.15, 0.2) is 5.16 Å². The van der Waals surface area contributed by atoms with Crippen molar-refractivity contribution in [1.82, 2.24) is 5.32 Å². The molecule has 0 radical (unpaired) electrons. The Kier molecular flexibility index (Phi) is 1.98. The first-order valence-electron chi connectivity index (χ1n) is 4.70. The molecule has 3 unspecified atom stereocenters. The Labute approximate surface area is 77.3 Å². The van der Waals surface area contributed by atoms with Gasteiger partial charge >= 0.3 is 0 Å². The largest absolute Gasteiger partial charge is 0.391 e. The second-order valence-corrected chi connectivity index (χ2v) is 3.97. The molecule has 3 atom stereocenters. The lowest BCUT2D eigenvalue weighted by Crippen LogP contribution is -2.31. The fourth-order valence-electron chi connectivity index (χ4n) is 1.50. The normalized spacial score (nSPS) is 36.5. The van der Waals surface area contributed by atoms with Gasteiger partial charge in [0.1, 0.15) is 6.10 Å². The molecule has 1 heterocycles. The predicted octanol–water partition coefficient (Wildman–Crippen LogP) is 0.881. The molecule has 0 saturated heterocycles. The maximum atomic E-state index is 11.4. The number of nitrogens with one attached hydrogen (secondary N) is 1. The minimum absolute atomic E-state index is 0.101. The third-order valence-corrected chi connectivity index (χ3v) is 2.54. The maximum absolute atomic E-state index is 11.4. The van der Waals surface area contributed by atoms with Gasteiger partial charge in [0.15, 0.2) is 5.84 Å². The van der Waals surface area contributed by atoms with Gasteiger partial charge in [0.2, 0.25) is 5.91 Å². The van der Waals surface area contributed by atoms with E-state index in [-0.39, 0.29) is 17.9 Å². The van der Waals surface area contributed by atoms with Crippen LogP contribution in [0.3, 0.4) is 0 Å². The van der Waals surface area contributed by atoms with Crippen LogP contribution in [0.5, 0.6) is 0 Å². The number of rotatable bonds is 1. The Bertz CT molecular complexity index is 262. The lowest BCUT2D eigenvalue weighted by Gasteiger charge is -2.01. The van der Waals surface area contributed by atoms with E-state index in [0.717, 1.165) is 6.42 Å². The number of carbonyl (C=O) groups excluding carboxylic acids is 1. The first-order chi connectivity index (χ1) is 6.16. The molecule has 1 aliphatic carbocycles. The maximum Gasteiger partial charge on any atom is 0.228 e. The lowest BCUT2D eigenvalue weighted by molar-refractivity contribution is -0.121. The van der Waals surface area contributed by atoms with E-state index in [0.29, 0.717) is 18.2 Å². The van der Waals surface area contributed by atoms with Gasteiger partial charge < -0.3 is 10.2 Å². The SMILES string of the molecule is CC1CC(NC(=O)C2CC2C)=NO1. The summed E-state index contributed by atoms with van der Waals surface area (Å²) in [5.41, 5.74) is 0. The van der Waals surface area contributed by atoms with E-state index in [1.807, 2.05) is 6.92 Å². The predicted molar refractivity (Wildman–Crippen MR) is 48.0 cm³/mol. The molecule has 1 saturated carbocycles. The van der Waals surface area contributed by atoms with Crippen molar-refractivity contribution in [3.63, 3.8) is 0 Å². The molecular formula is C9H14N2O2. The van der Waals surface area contributed by atoms with Crippen LogP contribution in [0.1, 0.15) is 26.7 Å². The highest BCUT2D eigenvalue weighted by Gasteiger charge is 2.39. The van der Waals surface area contributed by atoms with Crippen LogP contribution in [0.25, 0.3) is 0 Å². The monoisotopic (exact) mass is 182 g/mol. The van der Waals surface area contributed by atoms with Crippen molar-refractivity contribution in [2.24, 2.45) is 17.0 Å². The summed E-state index contributed by atoms with van der Waals surface area (Å²) >= 11 is 0. The Morgan fingerprint density at radius 3 is 2.77 bits per heavy atom. The number of carbonyl (C=O) groups is 1. The van der Waals surface area contributed by atoms with Crippen molar-refractivity contribution in [2.45, 2.75) is 32.8 Å². The smallest absolute Gasteiger partial charge is 0.228 e. The molecule has 0 aromatic carbocycles. The minimum Gasteiger partial charge on any atom is -0.391 e. The topological polar surface area (TPSA) is 50.7 Å². The summed E-state index contributed by atoms with van der Waals surface area (Å²) in [6.07, 6.45) is 1.83. The Morgan fingerprint density at radius 1 is 1.62 bits per heavy atom. The number of hydrogen-bond acceptors (Lipinski definition) is 3. The standard InChI is InChI=1S/C9H14N2O2/c1-5-3-7(5)9(12)10-8-4-6(2)13-11-8/h5-7H,3-4H2,1-2H3,(H,10,11,12). The van der Waals surface area contributed by atoms with E-state index in [4.69, 9.17) is 4.84 Å². The fourth-order valence-corrected chi connectivity index (χ4v) is 1.50. The molecule has 1 fully saturated rings. The lowest BCUT2D eigenvalue weighted by atomic mass is 10.2. The summed E-state index contributed by atoms with van der Waals surface area (Å²) in [4.78, 5) is 16.4. The van der Waals surface area contributed by atoms with Crippen LogP contribution < -0.4 is 5.32 Å². The number of nitrogens with zero attached hydrogens (tertiary/aromatic N) is 1. The molecule has 13 heavy (non-hydrogen) atoms. The van der Waals surface area contributed by atoms with E-state index in [1.54, 1.807) is 0 Å². The van der Waals surface area contributed by atoms with E-state index < -0.39 is 0 Å². The second-order valence-electron chi connectivity index (χ2n) is 3.97. The first kappa shape index (κ1) is 8.53. The van der Waals surface area contributed by atoms with Crippen LogP contribution in [-0.2, 0) is 9.63 Å². The van der Waals surface area contributed by atoms with Gasteiger partial charge in [-0.2, -0.15) is 0 Å². The molecule has 0 spiro atoms. The van der Waals surface area contributed by atoms with Crippen molar-refractivity contribution in [3.8, 4) is 0 Å². The Hall–Kier alpha value is -1.06. The highest BCUT2D eigenvalue weighted by atomic mass is 16.6. The van der Waals surface area contributed by atoms with Gasteiger partial charge in [0.05, 0.1) is 0 Å². The van der Waals surface area contributed by atoms with Crippen LogP contribution in [0, 0.1) is 11.8 Å². The van der Waals surface area contributed by atoms with Crippen molar-refractivity contribution in [2.75, 3.05) is 0 Å². The molecule has 2 rings (SSSR count). The molecular weight excluding hydrogens is 168 g/mol. The van der Waals surface area contributed by atoms with Crippen molar-refractivity contribution < 1.29 is 9.63 Å². The second kappa shape index (κ2) is 3.01. The van der Waals surface area contributed by atoms with Crippen LogP contribution in [0.2, 0.25) is 0 Å². The minimum atomic E-state index is 0.101. The molecule has 0 bridgehead atoms. The molecule has 4 heteroatoms. The zero-order chi connectivity index (χ0) is 9.42. The van der Waals surface area contributed by atoms with E-state index >= 15 is 0 Å². The summed E-state index contributed by atoms with van der Waals surface area (Å²) in [6.45, 7) is 4.02. The summed E-state index contributed by atoms with van der Waals surface area (Å²) in [6, 6.07) is 0. The van der Waals surface area contributed by atoms with E-state index in [2.05, 4.69) is 17.4 Å². The fraction of sp³-hybridized carbons (Fsp3) is 0.778. The number of amidine groups is 1. The highest BCUT2D eigenvalue weighted by molar-refractivity contribution is 6.00. The third kappa shape index (κ3) is 1.82.